The number of rotatable bonds is 0. The van der Waals surface area contributed by atoms with Crippen molar-refractivity contribution in [2.45, 2.75) is 0 Å². The molecule has 0 aliphatic rings. The molecule has 0 amide bonds. The van der Waals surface area contributed by atoms with Gasteiger partial charge in [0, 0.05) is 0 Å². The van der Waals surface area contributed by atoms with Crippen molar-refractivity contribution < 1.29 is 62.9 Å². The summed E-state index contributed by atoms with van der Waals surface area (Å²) in [5.74, 6) is 0. The Balaban J connectivity index is 0. The molecule has 0 saturated carbocycles. The van der Waals surface area contributed by atoms with Crippen LogP contribution in [0.5, 0.6) is 0 Å². The van der Waals surface area contributed by atoms with Crippen LogP contribution in [0.1, 0.15) is 0 Å². The summed E-state index contributed by atoms with van der Waals surface area (Å²) in [4.78, 5) is 0. The van der Waals surface area contributed by atoms with Gasteiger partial charge in [-0.2, -0.15) is 0 Å². The van der Waals surface area contributed by atoms with Crippen LogP contribution in [-0.2, 0) is 22.5 Å². The molecule has 0 aliphatic carbocycles. The van der Waals surface area contributed by atoms with Gasteiger partial charge in [-0.25, -0.2) is 0 Å². The minimum Gasteiger partial charge on any atom is -2.00 e. The van der Waals surface area contributed by atoms with Crippen molar-refractivity contribution in [3.05, 3.63) is 0 Å². The van der Waals surface area contributed by atoms with Crippen LogP contribution in [0, 0.1) is 40.4 Å². The molecule has 0 aromatic heterocycles. The maximum atomic E-state index is 0. The molecule has 0 bridgehead atoms. The maximum absolute atomic E-state index is 0. The molecule has 0 aromatic carbocycles. The van der Waals surface area contributed by atoms with Gasteiger partial charge in [-0.05, 0) is 0 Å². The average molecular weight is 367 g/mol. The second kappa shape index (κ2) is 16.2. The van der Waals surface area contributed by atoms with E-state index in [9.17, 15) is 0 Å². The van der Waals surface area contributed by atoms with Crippen LogP contribution in [0.2, 0.25) is 0 Å². The molecule has 0 spiro atoms. The summed E-state index contributed by atoms with van der Waals surface area (Å²) < 4.78 is 0. The third-order valence-corrected chi connectivity index (χ3v) is 0. The van der Waals surface area contributed by atoms with Crippen molar-refractivity contribution in [3.8, 4) is 0 Å². The molecule has 0 atom stereocenters. The smallest absolute Gasteiger partial charge is 2.00 e. The van der Waals surface area contributed by atoms with E-state index in [4.69, 9.17) is 0 Å². The van der Waals surface area contributed by atoms with Crippen molar-refractivity contribution in [3.63, 3.8) is 0 Å². The fourth-order valence-electron chi connectivity index (χ4n) is 0. The second-order valence-corrected chi connectivity index (χ2v) is 0. The summed E-state index contributed by atoms with van der Waals surface area (Å²) in [7, 11) is 0. The van der Waals surface area contributed by atoms with E-state index in [-0.39, 0.29) is 112 Å². The van der Waals surface area contributed by atoms with Crippen LogP contribution in [-0.4, -0.2) is 48.9 Å². The Morgan fingerprint density at radius 1 is 1.00 bits per heavy atom. The third kappa shape index (κ3) is 9.04. The normalized spacial score (nSPS) is 0. The van der Waals surface area contributed by atoms with Gasteiger partial charge in [-0.15, -0.1) is 0 Å². The van der Waals surface area contributed by atoms with E-state index in [1.165, 1.54) is 0 Å². The fourth-order valence-corrected chi connectivity index (χ4v) is 0. The largest absolute Gasteiger partial charge is 3.00 e. The van der Waals surface area contributed by atoms with Crippen LogP contribution < -0.4 is 0 Å². The molecule has 4 heavy (non-hydrogen) atoms. The van der Waals surface area contributed by atoms with Crippen LogP contribution >= 0.6 is 0 Å². The number of hydrogen-bond acceptors (Lipinski definition) is 0. The summed E-state index contributed by atoms with van der Waals surface area (Å²) in [5, 5.41) is 0. The van der Waals surface area contributed by atoms with Crippen molar-refractivity contribution in [1.29, 1.82) is 0 Å². The first-order valence-electron chi connectivity index (χ1n) is 0. The monoisotopic (exact) mass is 369 g/mol. The van der Waals surface area contributed by atoms with E-state index in [1.54, 1.807) is 0 Å². The average Bonchev–Trinajstić information content (AvgIpc) is 0. The van der Waals surface area contributed by atoms with Crippen molar-refractivity contribution in [1.82, 2.24) is 0 Å². The van der Waals surface area contributed by atoms with E-state index in [0.29, 0.717) is 0 Å². The second-order valence-electron chi connectivity index (χ2n) is 0. The Bertz CT molecular complexity index is 8.00. The Labute approximate surface area is 109 Å². The first-order valence-corrected chi connectivity index (χ1v) is 0. The first-order chi connectivity index (χ1) is 0. The van der Waals surface area contributed by atoms with Gasteiger partial charge in [-0.1, -0.05) is 0 Å². The molecule has 0 fully saturated rings. The van der Waals surface area contributed by atoms with Gasteiger partial charge in [-0.3, -0.25) is 0 Å². The number of hydrogen-bond donors (Lipinski definition) is 0. The summed E-state index contributed by atoms with van der Waals surface area (Å²) in [6.07, 6.45) is 0. The van der Waals surface area contributed by atoms with Crippen molar-refractivity contribution in [2.75, 3.05) is 0 Å². The van der Waals surface area contributed by atoms with E-state index < -0.39 is 0 Å². The van der Waals surface area contributed by atoms with Gasteiger partial charge in [0.15, 0.2) is 0 Å². The van der Waals surface area contributed by atoms with Gasteiger partial charge < -0.3 is 5.48 Å². The molecule has 1 nitrogen and oxygen atoms in total. The molecule has 0 heterocycles. The Kier molecular flexibility index (Phi) is 106. The zero-order valence-corrected chi connectivity index (χ0v) is 9.83. The molecule has 20 valence electrons. The molecule has 0 aliphatic heterocycles. The van der Waals surface area contributed by atoms with E-state index in [2.05, 4.69) is 0 Å². The molecule has 0 aromatic rings. The van der Waals surface area contributed by atoms with Crippen molar-refractivity contribution >= 4 is 48.9 Å². The molecular weight excluding hydrogens is 367 g/mol. The van der Waals surface area contributed by atoms with Crippen LogP contribution in [0.3, 0.4) is 0 Å². The minimum atomic E-state index is 0. The van der Waals surface area contributed by atoms with Gasteiger partial charge in [0.1, 0.15) is 0 Å². The Morgan fingerprint density at radius 2 is 1.00 bits per heavy atom. The molecular formula is BaCuOSm+5. The van der Waals surface area contributed by atoms with E-state index in [1.807, 2.05) is 0 Å². The molecule has 4 heteroatoms. The fraction of sp³-hybridized carbons (Fsp3) is 0. The maximum Gasteiger partial charge on any atom is 3.00 e. The topological polar surface area (TPSA) is 28.5 Å². The minimum absolute atomic E-state index is 0. The standard InChI is InChI=1S/Ba.Cu.O.Sm/q2*+2;-2;+3. The van der Waals surface area contributed by atoms with Crippen LogP contribution in [0.15, 0.2) is 0 Å². The van der Waals surface area contributed by atoms with Gasteiger partial charge >= 0.3 is 106 Å². The SMILES string of the molecule is [Ba+2].[Cu+2].[O-2].[Sm+3]. The molecule has 0 saturated heterocycles. The zero-order chi connectivity index (χ0) is 0. The van der Waals surface area contributed by atoms with Crippen molar-refractivity contribution in [2.24, 2.45) is 0 Å². The predicted octanol–water partition coefficient (Wildman–Crippen LogP) is -0.502. The zero-order valence-electron chi connectivity index (χ0n) is 1.83. The molecule has 2 radical (unpaired) electrons. The quantitative estimate of drug-likeness (QED) is 0.517. The Morgan fingerprint density at radius 3 is 1.00 bits per heavy atom. The Hall–Kier alpha value is 3.39. The molecule has 0 N–H and O–H groups in total. The molecule has 0 rings (SSSR count). The van der Waals surface area contributed by atoms with E-state index in [0.717, 1.165) is 0 Å². The molecule has 0 unspecified atom stereocenters. The van der Waals surface area contributed by atoms with Gasteiger partial charge in [0.05, 0.1) is 0 Å². The van der Waals surface area contributed by atoms with Gasteiger partial charge in [0.25, 0.3) is 0 Å². The summed E-state index contributed by atoms with van der Waals surface area (Å²) >= 11 is 0. The first kappa shape index (κ1) is 26.3. The summed E-state index contributed by atoms with van der Waals surface area (Å²) in [6, 6.07) is 0. The summed E-state index contributed by atoms with van der Waals surface area (Å²) in [6.45, 7) is 0. The summed E-state index contributed by atoms with van der Waals surface area (Å²) in [5.41, 5.74) is 0. The van der Waals surface area contributed by atoms with Crippen LogP contribution in [0.4, 0.5) is 0 Å². The predicted molar refractivity (Wildman–Crippen MR) is 6.44 cm³/mol. The van der Waals surface area contributed by atoms with E-state index >= 15 is 0 Å². The van der Waals surface area contributed by atoms with Gasteiger partial charge in [0.2, 0.25) is 0 Å². The van der Waals surface area contributed by atoms with Crippen LogP contribution in [0.25, 0.3) is 0 Å². The third-order valence-electron chi connectivity index (χ3n) is 0.